The van der Waals surface area contributed by atoms with Crippen LogP contribution in [0.1, 0.15) is 28.0 Å². The van der Waals surface area contributed by atoms with Gasteiger partial charge < -0.3 is 4.90 Å². The largest absolute Gasteiger partial charge is 0.345 e. The molecule has 94 valence electrons. The van der Waals surface area contributed by atoms with Crippen LogP contribution in [0.2, 0.25) is 0 Å². The van der Waals surface area contributed by atoms with E-state index in [9.17, 15) is 4.79 Å². The van der Waals surface area contributed by atoms with Gasteiger partial charge in [0.25, 0.3) is 0 Å². The number of rotatable bonds is 4. The van der Waals surface area contributed by atoms with Crippen LogP contribution in [-0.2, 0) is 6.54 Å². The van der Waals surface area contributed by atoms with E-state index in [0.717, 1.165) is 21.4 Å². The molecule has 18 heavy (non-hydrogen) atoms. The Morgan fingerprint density at radius 2 is 2.22 bits per heavy atom. The number of carbonyl (C=O) groups excluding carboxylic acids is 1. The number of carbonyl (C=O) groups is 1. The van der Waals surface area contributed by atoms with E-state index in [4.69, 9.17) is 0 Å². The highest BCUT2D eigenvalue weighted by Gasteiger charge is 2.14. The van der Waals surface area contributed by atoms with Crippen LogP contribution in [-0.4, -0.2) is 22.8 Å². The fourth-order valence-corrected chi connectivity index (χ4v) is 2.60. The first-order chi connectivity index (χ1) is 8.58. The summed E-state index contributed by atoms with van der Waals surface area (Å²) in [6.07, 6.45) is 1.78. The van der Waals surface area contributed by atoms with Crippen molar-refractivity contribution in [3.8, 4) is 0 Å². The Morgan fingerprint density at radius 3 is 2.78 bits per heavy atom. The van der Waals surface area contributed by atoms with Gasteiger partial charge in [0.05, 0.1) is 22.8 Å². The van der Waals surface area contributed by atoms with E-state index >= 15 is 0 Å². The number of hydrogen-bond donors (Lipinski definition) is 0. The van der Waals surface area contributed by atoms with Crippen molar-refractivity contribution in [1.82, 2.24) is 9.97 Å². The molecule has 0 spiro atoms. The van der Waals surface area contributed by atoms with E-state index in [1.807, 2.05) is 37.1 Å². The van der Waals surface area contributed by atoms with Crippen LogP contribution in [0.3, 0.4) is 0 Å². The molecule has 5 heteroatoms. The smallest absolute Gasteiger partial charge is 0.186 e. The average Bonchev–Trinajstić information content (AvgIpc) is 2.73. The minimum Gasteiger partial charge on any atom is -0.345 e. The molecular formula is C13H15N3OS. The topological polar surface area (TPSA) is 46.1 Å². The Labute approximate surface area is 110 Å². The van der Waals surface area contributed by atoms with E-state index in [2.05, 4.69) is 9.97 Å². The van der Waals surface area contributed by atoms with Gasteiger partial charge in [-0.25, -0.2) is 4.98 Å². The summed E-state index contributed by atoms with van der Waals surface area (Å²) < 4.78 is 0. The highest BCUT2D eigenvalue weighted by Crippen LogP contribution is 2.26. The second-order valence-corrected chi connectivity index (χ2v) is 5.12. The van der Waals surface area contributed by atoms with Crippen LogP contribution in [0, 0.1) is 6.92 Å². The van der Waals surface area contributed by atoms with Crippen LogP contribution in [0.25, 0.3) is 0 Å². The van der Waals surface area contributed by atoms with E-state index in [-0.39, 0.29) is 5.78 Å². The number of ketones is 1. The van der Waals surface area contributed by atoms with Crippen molar-refractivity contribution in [2.24, 2.45) is 0 Å². The Bertz CT molecular complexity index is 551. The van der Waals surface area contributed by atoms with Gasteiger partial charge in [0.2, 0.25) is 0 Å². The maximum Gasteiger partial charge on any atom is 0.186 e. The van der Waals surface area contributed by atoms with Gasteiger partial charge in [-0.1, -0.05) is 17.4 Å². The molecule has 0 atom stereocenters. The first-order valence-corrected chi connectivity index (χ1v) is 6.49. The lowest BCUT2D eigenvalue weighted by Gasteiger charge is -2.14. The molecule has 2 aromatic rings. The van der Waals surface area contributed by atoms with Crippen molar-refractivity contribution in [2.75, 3.05) is 11.9 Å². The summed E-state index contributed by atoms with van der Waals surface area (Å²) in [6, 6.07) is 5.83. The molecule has 0 bridgehead atoms. The average molecular weight is 261 g/mol. The molecule has 0 aliphatic heterocycles. The van der Waals surface area contributed by atoms with Gasteiger partial charge in [0, 0.05) is 20.2 Å². The fraction of sp³-hybridized carbons (Fsp3) is 0.308. The third-order valence-electron chi connectivity index (χ3n) is 2.56. The van der Waals surface area contributed by atoms with Crippen molar-refractivity contribution in [1.29, 1.82) is 0 Å². The van der Waals surface area contributed by atoms with Gasteiger partial charge in [-0.15, -0.1) is 0 Å². The van der Waals surface area contributed by atoms with E-state index in [1.165, 1.54) is 11.3 Å². The fourth-order valence-electron chi connectivity index (χ4n) is 1.67. The molecule has 0 unspecified atom stereocenters. The van der Waals surface area contributed by atoms with E-state index < -0.39 is 0 Å². The molecule has 2 aromatic heterocycles. The van der Waals surface area contributed by atoms with E-state index in [1.54, 1.807) is 13.1 Å². The molecule has 0 N–H and O–H groups in total. The normalized spacial score (nSPS) is 10.4. The second-order valence-electron chi connectivity index (χ2n) is 4.14. The third kappa shape index (κ3) is 2.73. The minimum absolute atomic E-state index is 0.0717. The van der Waals surface area contributed by atoms with Gasteiger partial charge in [-0.2, -0.15) is 0 Å². The summed E-state index contributed by atoms with van der Waals surface area (Å²) in [5.41, 5.74) is 1.78. The SMILES string of the molecule is CC(=O)c1sc(N(C)Cc2ccccn2)nc1C. The highest BCUT2D eigenvalue weighted by atomic mass is 32.1. The predicted octanol–water partition coefficient (Wildman–Crippen LogP) is 2.69. The van der Waals surface area contributed by atoms with E-state index in [0.29, 0.717) is 6.54 Å². The number of aryl methyl sites for hydroxylation is 1. The first kappa shape index (κ1) is 12.7. The van der Waals surface area contributed by atoms with Crippen LogP contribution >= 0.6 is 11.3 Å². The molecule has 0 fully saturated rings. The molecule has 4 nitrogen and oxygen atoms in total. The number of pyridine rings is 1. The monoisotopic (exact) mass is 261 g/mol. The van der Waals surface area contributed by atoms with Crippen LogP contribution in [0.4, 0.5) is 5.13 Å². The molecule has 0 aliphatic carbocycles. The molecule has 2 rings (SSSR count). The zero-order valence-electron chi connectivity index (χ0n) is 10.7. The van der Waals surface area contributed by atoms with Crippen molar-refractivity contribution in [3.05, 3.63) is 40.7 Å². The lowest BCUT2D eigenvalue weighted by Crippen LogP contribution is -2.16. The third-order valence-corrected chi connectivity index (χ3v) is 3.93. The predicted molar refractivity (Wildman–Crippen MR) is 73.2 cm³/mol. The number of nitrogens with zero attached hydrogens (tertiary/aromatic N) is 3. The maximum atomic E-state index is 11.4. The van der Waals surface area contributed by atoms with Crippen LogP contribution in [0.15, 0.2) is 24.4 Å². The Morgan fingerprint density at radius 1 is 1.44 bits per heavy atom. The molecule has 2 heterocycles. The molecule has 0 amide bonds. The summed E-state index contributed by atoms with van der Waals surface area (Å²) in [5.74, 6) is 0.0717. The summed E-state index contributed by atoms with van der Waals surface area (Å²) in [5, 5.41) is 0.850. The standard InChI is InChI=1S/C13H15N3OS/c1-9-12(10(2)17)18-13(15-9)16(3)8-11-6-4-5-7-14-11/h4-7H,8H2,1-3H3. The summed E-state index contributed by atoms with van der Waals surface area (Å²) in [7, 11) is 1.96. The number of Topliss-reactive ketones (excluding diaryl/α,β-unsaturated/α-hetero) is 1. The number of anilines is 1. The van der Waals surface area contributed by atoms with Crippen LogP contribution in [0.5, 0.6) is 0 Å². The number of aromatic nitrogens is 2. The molecular weight excluding hydrogens is 246 g/mol. The molecule has 0 saturated heterocycles. The summed E-state index contributed by atoms with van der Waals surface area (Å²) >= 11 is 1.43. The second kappa shape index (κ2) is 5.27. The highest BCUT2D eigenvalue weighted by molar-refractivity contribution is 7.17. The van der Waals surface area contributed by atoms with Gasteiger partial charge in [-0.3, -0.25) is 9.78 Å². The van der Waals surface area contributed by atoms with Crippen molar-refractivity contribution in [3.63, 3.8) is 0 Å². The van der Waals surface area contributed by atoms with Crippen molar-refractivity contribution < 1.29 is 4.79 Å². The minimum atomic E-state index is 0.0717. The molecule has 0 aromatic carbocycles. The summed E-state index contributed by atoms with van der Waals surface area (Å²) in [6.45, 7) is 4.12. The zero-order chi connectivity index (χ0) is 13.1. The van der Waals surface area contributed by atoms with Gasteiger partial charge >= 0.3 is 0 Å². The zero-order valence-corrected chi connectivity index (χ0v) is 11.5. The van der Waals surface area contributed by atoms with Crippen molar-refractivity contribution in [2.45, 2.75) is 20.4 Å². The van der Waals surface area contributed by atoms with Gasteiger partial charge in [0.1, 0.15) is 0 Å². The summed E-state index contributed by atoms with van der Waals surface area (Å²) in [4.78, 5) is 22.8. The van der Waals surface area contributed by atoms with Gasteiger partial charge in [0.15, 0.2) is 10.9 Å². The Hall–Kier alpha value is -1.75. The lowest BCUT2D eigenvalue weighted by molar-refractivity contribution is 0.102. The molecule has 0 aliphatic rings. The quantitative estimate of drug-likeness (QED) is 0.794. The maximum absolute atomic E-state index is 11.4. The number of hydrogen-bond acceptors (Lipinski definition) is 5. The molecule has 0 radical (unpaired) electrons. The lowest BCUT2D eigenvalue weighted by atomic mass is 10.3. The van der Waals surface area contributed by atoms with Crippen molar-refractivity contribution >= 4 is 22.3 Å². The molecule has 0 saturated carbocycles. The Balaban J connectivity index is 2.17. The first-order valence-electron chi connectivity index (χ1n) is 5.67. The van der Waals surface area contributed by atoms with Crippen LogP contribution < -0.4 is 4.90 Å². The Kier molecular flexibility index (Phi) is 3.72. The van der Waals surface area contributed by atoms with Gasteiger partial charge in [-0.05, 0) is 19.1 Å². The number of thiazole rings is 1.